The zero-order valence-corrected chi connectivity index (χ0v) is 12.0. The lowest BCUT2D eigenvalue weighted by Gasteiger charge is -2.08. The van der Waals surface area contributed by atoms with Crippen molar-refractivity contribution < 1.29 is 22.7 Å². The monoisotopic (exact) mass is 332 g/mol. The van der Waals surface area contributed by atoms with Crippen LogP contribution in [0.1, 0.15) is 15.9 Å². The molecule has 0 aliphatic heterocycles. The van der Waals surface area contributed by atoms with Crippen LogP contribution in [-0.2, 0) is 16.6 Å². The van der Waals surface area contributed by atoms with Crippen molar-refractivity contribution in [2.75, 3.05) is 0 Å². The summed E-state index contributed by atoms with van der Waals surface area (Å²) in [4.78, 5) is 13.2. The van der Waals surface area contributed by atoms with Gasteiger partial charge in [-0.2, -0.15) is 0 Å². The molecule has 0 aliphatic carbocycles. The number of hydrogen-bond acceptors (Lipinski definition) is 3. The molecule has 1 aromatic heterocycles. The molecule has 21 heavy (non-hydrogen) atoms. The first-order valence-corrected chi connectivity index (χ1v) is 7.51. The number of rotatable bonds is 5. The van der Waals surface area contributed by atoms with E-state index in [-0.39, 0.29) is 6.54 Å². The highest BCUT2D eigenvalue weighted by molar-refractivity contribution is 7.89. The molecule has 112 valence electrons. The third-order valence-electron chi connectivity index (χ3n) is 2.67. The number of sulfonamides is 1. The summed E-state index contributed by atoms with van der Waals surface area (Å²) in [7, 11) is -4.06. The van der Waals surface area contributed by atoms with Crippen molar-refractivity contribution in [3.63, 3.8) is 0 Å². The number of nitrogens with one attached hydrogen (secondary N) is 2. The smallest absolute Gasteiger partial charge is 0.337 e. The molecular weight excluding hydrogens is 323 g/mol. The molecule has 2 rings (SSSR count). The number of aromatic amines is 1. The van der Waals surface area contributed by atoms with Crippen LogP contribution in [-0.4, -0.2) is 24.5 Å². The maximum atomic E-state index is 13.6. The second kappa shape index (κ2) is 5.84. The largest absolute Gasteiger partial charge is 0.478 e. The number of carbonyl (C=O) groups is 1. The second-order valence-electron chi connectivity index (χ2n) is 4.12. The number of benzene rings is 1. The Hall–Kier alpha value is -1.90. The Bertz CT molecular complexity index is 775. The van der Waals surface area contributed by atoms with Gasteiger partial charge in [0.15, 0.2) is 0 Å². The van der Waals surface area contributed by atoms with Gasteiger partial charge in [-0.1, -0.05) is 11.6 Å². The van der Waals surface area contributed by atoms with E-state index in [4.69, 9.17) is 16.7 Å². The Balaban J connectivity index is 2.33. The Morgan fingerprint density at radius 2 is 2.14 bits per heavy atom. The van der Waals surface area contributed by atoms with Crippen molar-refractivity contribution in [2.45, 2.75) is 11.4 Å². The molecule has 6 nitrogen and oxygen atoms in total. The maximum Gasteiger partial charge on any atom is 0.337 e. The summed E-state index contributed by atoms with van der Waals surface area (Å²) in [5, 5.41) is 8.26. The summed E-state index contributed by atoms with van der Waals surface area (Å²) in [5.74, 6) is -2.62. The first kappa shape index (κ1) is 15.5. The highest BCUT2D eigenvalue weighted by Gasteiger charge is 2.21. The number of aromatic carboxylic acids is 1. The molecule has 0 radical (unpaired) electrons. The van der Waals surface area contributed by atoms with E-state index in [2.05, 4.69) is 9.71 Å². The summed E-state index contributed by atoms with van der Waals surface area (Å²) in [5.41, 5.74) is 0.0603. The van der Waals surface area contributed by atoms with E-state index in [1.807, 2.05) is 0 Å². The quantitative estimate of drug-likeness (QED) is 0.779. The van der Waals surface area contributed by atoms with Gasteiger partial charge in [-0.15, -0.1) is 0 Å². The van der Waals surface area contributed by atoms with Crippen molar-refractivity contribution in [3.8, 4) is 0 Å². The predicted octanol–water partition coefficient (Wildman–Crippen LogP) is 1.98. The van der Waals surface area contributed by atoms with Gasteiger partial charge in [-0.25, -0.2) is 22.3 Å². The van der Waals surface area contributed by atoms with Crippen molar-refractivity contribution in [1.29, 1.82) is 0 Å². The van der Waals surface area contributed by atoms with E-state index in [0.29, 0.717) is 11.6 Å². The fourth-order valence-corrected chi connectivity index (χ4v) is 2.85. The van der Waals surface area contributed by atoms with Crippen LogP contribution >= 0.6 is 11.6 Å². The molecule has 2 aromatic rings. The molecule has 0 spiro atoms. The van der Waals surface area contributed by atoms with Crippen LogP contribution in [0, 0.1) is 5.82 Å². The van der Waals surface area contributed by atoms with Crippen molar-refractivity contribution in [1.82, 2.24) is 9.71 Å². The fraction of sp³-hybridized carbons (Fsp3) is 0.0833. The van der Waals surface area contributed by atoms with Gasteiger partial charge in [0.05, 0.1) is 15.5 Å². The van der Waals surface area contributed by atoms with Crippen molar-refractivity contribution in [2.24, 2.45) is 0 Å². The fourth-order valence-electron chi connectivity index (χ4n) is 1.61. The summed E-state index contributed by atoms with van der Waals surface area (Å²) in [6.45, 7) is -0.0154. The number of carboxylic acids is 1. The van der Waals surface area contributed by atoms with E-state index in [1.165, 1.54) is 0 Å². The lowest BCUT2D eigenvalue weighted by molar-refractivity contribution is 0.0696. The van der Waals surface area contributed by atoms with Crippen LogP contribution < -0.4 is 4.72 Å². The van der Waals surface area contributed by atoms with Gasteiger partial charge >= 0.3 is 5.97 Å². The minimum absolute atomic E-state index is 0.0154. The number of carboxylic acid groups (broad SMARTS) is 1. The van der Waals surface area contributed by atoms with Crippen LogP contribution in [0.3, 0.4) is 0 Å². The molecule has 0 aliphatic rings. The minimum atomic E-state index is -4.06. The molecule has 0 fully saturated rings. The molecular formula is C12H10ClFN2O4S. The average Bonchev–Trinajstić information content (AvgIpc) is 2.92. The number of halogens is 2. The molecule has 0 bridgehead atoms. The van der Waals surface area contributed by atoms with E-state index in [0.717, 1.165) is 6.07 Å². The summed E-state index contributed by atoms with van der Waals surface area (Å²) in [6.07, 6.45) is 3.21. The van der Waals surface area contributed by atoms with E-state index >= 15 is 0 Å². The second-order valence-corrected chi connectivity index (χ2v) is 6.26. The molecule has 0 atom stereocenters. The summed E-state index contributed by atoms with van der Waals surface area (Å²) in [6, 6.07) is 3.15. The first-order valence-electron chi connectivity index (χ1n) is 5.65. The Labute approximate surface area is 124 Å². The third kappa shape index (κ3) is 3.41. The molecule has 0 saturated heterocycles. The van der Waals surface area contributed by atoms with Crippen LogP contribution in [0.15, 0.2) is 35.5 Å². The van der Waals surface area contributed by atoms with E-state index in [1.54, 1.807) is 18.5 Å². The molecule has 0 saturated carbocycles. The van der Waals surface area contributed by atoms with Gasteiger partial charge in [0.1, 0.15) is 5.82 Å². The van der Waals surface area contributed by atoms with Crippen LogP contribution in [0.5, 0.6) is 0 Å². The zero-order chi connectivity index (χ0) is 15.6. The van der Waals surface area contributed by atoms with Crippen molar-refractivity contribution in [3.05, 3.63) is 52.6 Å². The van der Waals surface area contributed by atoms with Gasteiger partial charge in [-0.3, -0.25) is 0 Å². The van der Waals surface area contributed by atoms with Crippen LogP contribution in [0.4, 0.5) is 4.39 Å². The highest BCUT2D eigenvalue weighted by Crippen LogP contribution is 2.24. The Morgan fingerprint density at radius 1 is 1.43 bits per heavy atom. The normalized spacial score (nSPS) is 11.5. The Morgan fingerprint density at radius 3 is 2.71 bits per heavy atom. The topological polar surface area (TPSA) is 99.3 Å². The standard InChI is InChI=1S/C12H10ClFN2O4S/c13-11-9(12(17)18)3-8(4-10(11)14)21(19,20)16-6-7-1-2-15-5-7/h1-5,15-16H,6H2,(H,17,18). The maximum absolute atomic E-state index is 13.6. The zero-order valence-electron chi connectivity index (χ0n) is 10.4. The average molecular weight is 333 g/mol. The van der Waals surface area contributed by atoms with E-state index < -0.39 is 37.3 Å². The predicted molar refractivity (Wildman–Crippen MR) is 73.2 cm³/mol. The summed E-state index contributed by atoms with van der Waals surface area (Å²) < 4.78 is 39.9. The molecule has 0 unspecified atom stereocenters. The summed E-state index contributed by atoms with van der Waals surface area (Å²) >= 11 is 5.49. The molecule has 1 aromatic carbocycles. The number of aromatic nitrogens is 1. The highest BCUT2D eigenvalue weighted by atomic mass is 35.5. The van der Waals surface area contributed by atoms with Crippen LogP contribution in [0.2, 0.25) is 5.02 Å². The molecule has 1 heterocycles. The number of hydrogen-bond donors (Lipinski definition) is 3. The minimum Gasteiger partial charge on any atom is -0.478 e. The molecule has 9 heteroatoms. The van der Waals surface area contributed by atoms with E-state index in [9.17, 15) is 17.6 Å². The third-order valence-corrected chi connectivity index (χ3v) is 4.44. The Kier molecular flexibility index (Phi) is 4.31. The lowest BCUT2D eigenvalue weighted by Crippen LogP contribution is -2.23. The molecule has 0 amide bonds. The SMILES string of the molecule is O=C(O)c1cc(S(=O)(=O)NCc2cc[nH]c2)cc(F)c1Cl. The molecule has 3 N–H and O–H groups in total. The first-order chi connectivity index (χ1) is 9.81. The van der Waals surface area contributed by atoms with Gasteiger partial charge in [0, 0.05) is 18.9 Å². The van der Waals surface area contributed by atoms with Crippen molar-refractivity contribution >= 4 is 27.6 Å². The van der Waals surface area contributed by atoms with Gasteiger partial charge in [-0.05, 0) is 23.8 Å². The number of H-pyrrole nitrogens is 1. The van der Waals surface area contributed by atoms with Gasteiger partial charge in [0.2, 0.25) is 10.0 Å². The van der Waals surface area contributed by atoms with Gasteiger partial charge < -0.3 is 10.1 Å². The van der Waals surface area contributed by atoms with Gasteiger partial charge in [0.25, 0.3) is 0 Å². The lowest BCUT2D eigenvalue weighted by atomic mass is 10.2. The van der Waals surface area contributed by atoms with Crippen LogP contribution in [0.25, 0.3) is 0 Å².